The van der Waals surface area contributed by atoms with Gasteiger partial charge in [0.25, 0.3) is 0 Å². The maximum Gasteiger partial charge on any atom is 0.122 e. The molecule has 0 saturated heterocycles. The van der Waals surface area contributed by atoms with Crippen molar-refractivity contribution in [3.8, 4) is 0 Å². The van der Waals surface area contributed by atoms with Crippen LogP contribution in [0.4, 0.5) is 5.69 Å². The minimum atomic E-state index is 0.103. The normalized spacial score (nSPS) is 10.7. The van der Waals surface area contributed by atoms with E-state index in [0.717, 1.165) is 17.8 Å². The molecule has 0 aliphatic heterocycles. The monoisotopic (exact) mass is 295 g/mol. The molecule has 1 aromatic heterocycles. The third-order valence-corrected chi connectivity index (χ3v) is 4.58. The fourth-order valence-electron chi connectivity index (χ4n) is 2.41. The highest BCUT2D eigenvalue weighted by atomic mass is 32.1. The highest BCUT2D eigenvalue weighted by molar-refractivity contribution is 7.17. The molecule has 0 aliphatic carbocycles. The van der Waals surface area contributed by atoms with Crippen molar-refractivity contribution in [1.29, 1.82) is 5.41 Å². The molecule has 106 valence electrons. The summed E-state index contributed by atoms with van der Waals surface area (Å²) in [5, 5.41) is 11.1. The Morgan fingerprint density at radius 1 is 1.19 bits per heavy atom. The molecule has 0 bridgehead atoms. The Balaban J connectivity index is 1.87. The molecule has 21 heavy (non-hydrogen) atoms. The zero-order chi connectivity index (χ0) is 14.8. The Hall–Kier alpha value is -2.33. The molecule has 0 unspecified atom stereocenters. The van der Waals surface area contributed by atoms with Crippen LogP contribution in [0.25, 0.3) is 10.1 Å². The SMILES string of the molecule is CN(Cc1csc2ccccc12)c1cccc(C(=N)N)c1. The Kier molecular flexibility index (Phi) is 3.62. The van der Waals surface area contributed by atoms with Gasteiger partial charge in [0, 0.05) is 29.5 Å². The Morgan fingerprint density at radius 2 is 2.00 bits per heavy atom. The summed E-state index contributed by atoms with van der Waals surface area (Å²) in [4.78, 5) is 2.18. The summed E-state index contributed by atoms with van der Waals surface area (Å²) in [6, 6.07) is 16.3. The molecule has 4 heteroatoms. The van der Waals surface area contributed by atoms with Crippen molar-refractivity contribution >= 4 is 32.9 Å². The van der Waals surface area contributed by atoms with E-state index in [2.05, 4.69) is 41.6 Å². The zero-order valence-corrected chi connectivity index (χ0v) is 12.7. The van der Waals surface area contributed by atoms with Crippen molar-refractivity contribution in [2.45, 2.75) is 6.54 Å². The molecule has 1 heterocycles. The van der Waals surface area contributed by atoms with Crippen LogP contribution in [-0.2, 0) is 6.54 Å². The summed E-state index contributed by atoms with van der Waals surface area (Å²) in [7, 11) is 2.06. The third-order valence-electron chi connectivity index (χ3n) is 3.57. The molecule has 3 nitrogen and oxygen atoms in total. The Labute approximate surface area is 128 Å². The maximum absolute atomic E-state index is 7.54. The summed E-state index contributed by atoms with van der Waals surface area (Å²) in [6.45, 7) is 0.839. The largest absolute Gasteiger partial charge is 0.384 e. The lowest BCUT2D eigenvalue weighted by Gasteiger charge is -2.19. The van der Waals surface area contributed by atoms with Crippen LogP contribution in [0.3, 0.4) is 0 Å². The fourth-order valence-corrected chi connectivity index (χ4v) is 3.37. The first kappa shape index (κ1) is 13.6. The number of amidine groups is 1. The van der Waals surface area contributed by atoms with Crippen LogP contribution >= 0.6 is 11.3 Å². The zero-order valence-electron chi connectivity index (χ0n) is 11.8. The standard InChI is InChI=1S/C17H17N3S/c1-20(14-6-4-5-12(9-14)17(18)19)10-13-11-21-16-8-3-2-7-15(13)16/h2-9,11H,10H2,1H3,(H3,18,19). The summed E-state index contributed by atoms with van der Waals surface area (Å²) in [5.74, 6) is 0.103. The molecule has 3 aromatic rings. The number of benzene rings is 2. The molecular weight excluding hydrogens is 278 g/mol. The van der Waals surface area contributed by atoms with Gasteiger partial charge in [-0.05, 0) is 34.5 Å². The van der Waals surface area contributed by atoms with Gasteiger partial charge in [-0.25, -0.2) is 0 Å². The van der Waals surface area contributed by atoms with Gasteiger partial charge in [-0.2, -0.15) is 0 Å². The van der Waals surface area contributed by atoms with Crippen molar-refractivity contribution in [2.75, 3.05) is 11.9 Å². The van der Waals surface area contributed by atoms with Crippen molar-refractivity contribution in [2.24, 2.45) is 5.73 Å². The third kappa shape index (κ3) is 2.76. The molecule has 3 N–H and O–H groups in total. The lowest BCUT2D eigenvalue weighted by molar-refractivity contribution is 0.933. The number of hydrogen-bond acceptors (Lipinski definition) is 3. The van der Waals surface area contributed by atoms with E-state index in [1.165, 1.54) is 15.6 Å². The van der Waals surface area contributed by atoms with Gasteiger partial charge in [0.2, 0.25) is 0 Å². The van der Waals surface area contributed by atoms with Crippen molar-refractivity contribution in [1.82, 2.24) is 0 Å². The van der Waals surface area contributed by atoms with E-state index >= 15 is 0 Å². The predicted molar refractivity (Wildman–Crippen MR) is 91.4 cm³/mol. The molecule has 0 radical (unpaired) electrons. The Morgan fingerprint density at radius 3 is 2.81 bits per heavy atom. The van der Waals surface area contributed by atoms with Crippen LogP contribution in [-0.4, -0.2) is 12.9 Å². The first-order valence-corrected chi connectivity index (χ1v) is 7.64. The maximum atomic E-state index is 7.54. The van der Waals surface area contributed by atoms with Crippen LogP contribution in [0.1, 0.15) is 11.1 Å². The average molecular weight is 295 g/mol. The van der Waals surface area contributed by atoms with Crippen LogP contribution in [0.2, 0.25) is 0 Å². The molecule has 2 aromatic carbocycles. The second-order valence-corrected chi connectivity index (χ2v) is 5.99. The van der Waals surface area contributed by atoms with Crippen molar-refractivity contribution in [3.63, 3.8) is 0 Å². The number of fused-ring (bicyclic) bond motifs is 1. The number of nitrogens with zero attached hydrogens (tertiary/aromatic N) is 1. The Bertz CT molecular complexity index is 791. The number of anilines is 1. The summed E-state index contributed by atoms with van der Waals surface area (Å²) >= 11 is 1.78. The molecule has 0 amide bonds. The van der Waals surface area contributed by atoms with E-state index in [0.29, 0.717) is 0 Å². The fraction of sp³-hybridized carbons (Fsp3) is 0.118. The van der Waals surface area contributed by atoms with Crippen LogP contribution in [0, 0.1) is 5.41 Å². The first-order chi connectivity index (χ1) is 10.1. The van der Waals surface area contributed by atoms with Gasteiger partial charge in [-0.15, -0.1) is 11.3 Å². The van der Waals surface area contributed by atoms with Crippen LogP contribution < -0.4 is 10.6 Å². The van der Waals surface area contributed by atoms with E-state index in [-0.39, 0.29) is 5.84 Å². The number of hydrogen-bond donors (Lipinski definition) is 2. The van der Waals surface area contributed by atoms with E-state index in [1.807, 2.05) is 24.3 Å². The summed E-state index contributed by atoms with van der Waals surface area (Å²) < 4.78 is 1.32. The smallest absolute Gasteiger partial charge is 0.122 e. The van der Waals surface area contributed by atoms with Gasteiger partial charge in [-0.3, -0.25) is 5.41 Å². The lowest BCUT2D eigenvalue weighted by Crippen LogP contribution is -2.17. The van der Waals surface area contributed by atoms with Crippen LogP contribution in [0.15, 0.2) is 53.9 Å². The average Bonchev–Trinajstić information content (AvgIpc) is 2.91. The molecule has 0 atom stereocenters. The second-order valence-electron chi connectivity index (χ2n) is 5.08. The van der Waals surface area contributed by atoms with Gasteiger partial charge in [0.1, 0.15) is 5.84 Å². The summed E-state index contributed by atoms with van der Waals surface area (Å²) in [6.07, 6.45) is 0. The van der Waals surface area contributed by atoms with Gasteiger partial charge in [0.05, 0.1) is 0 Å². The molecular formula is C17H17N3S. The highest BCUT2D eigenvalue weighted by Gasteiger charge is 2.08. The molecule has 3 rings (SSSR count). The van der Waals surface area contributed by atoms with Gasteiger partial charge in [0.15, 0.2) is 0 Å². The van der Waals surface area contributed by atoms with E-state index < -0.39 is 0 Å². The van der Waals surface area contributed by atoms with Gasteiger partial charge >= 0.3 is 0 Å². The molecule has 0 spiro atoms. The lowest BCUT2D eigenvalue weighted by atomic mass is 10.1. The number of nitrogens with one attached hydrogen (secondary N) is 1. The quantitative estimate of drug-likeness (QED) is 0.568. The molecule has 0 saturated carbocycles. The number of nitrogen functional groups attached to an aromatic ring is 1. The van der Waals surface area contributed by atoms with Gasteiger partial charge < -0.3 is 10.6 Å². The van der Waals surface area contributed by atoms with E-state index in [9.17, 15) is 0 Å². The minimum Gasteiger partial charge on any atom is -0.384 e. The van der Waals surface area contributed by atoms with Gasteiger partial charge in [-0.1, -0.05) is 30.3 Å². The number of nitrogens with two attached hydrogens (primary N) is 1. The summed E-state index contributed by atoms with van der Waals surface area (Å²) in [5.41, 5.74) is 8.71. The van der Waals surface area contributed by atoms with E-state index in [4.69, 9.17) is 11.1 Å². The minimum absolute atomic E-state index is 0.103. The number of rotatable bonds is 4. The molecule has 0 aliphatic rings. The van der Waals surface area contributed by atoms with E-state index in [1.54, 1.807) is 11.3 Å². The van der Waals surface area contributed by atoms with Crippen molar-refractivity contribution in [3.05, 3.63) is 65.0 Å². The number of thiophene rings is 1. The van der Waals surface area contributed by atoms with Crippen molar-refractivity contribution < 1.29 is 0 Å². The molecule has 0 fully saturated rings. The first-order valence-electron chi connectivity index (χ1n) is 6.76. The topological polar surface area (TPSA) is 53.1 Å². The predicted octanol–water partition coefficient (Wildman–Crippen LogP) is 3.82. The highest BCUT2D eigenvalue weighted by Crippen LogP contribution is 2.27. The van der Waals surface area contributed by atoms with Crippen LogP contribution in [0.5, 0.6) is 0 Å². The second kappa shape index (κ2) is 5.58.